The van der Waals surface area contributed by atoms with Crippen LogP contribution < -0.4 is 14.8 Å². The second kappa shape index (κ2) is 8.48. The van der Waals surface area contributed by atoms with Crippen molar-refractivity contribution in [2.75, 3.05) is 18.5 Å². The van der Waals surface area contributed by atoms with Gasteiger partial charge in [-0.15, -0.1) is 0 Å². The molecule has 1 aliphatic rings. The molecule has 2 aromatic carbocycles. The lowest BCUT2D eigenvalue weighted by Crippen LogP contribution is -2.15. The first-order valence-corrected chi connectivity index (χ1v) is 10.4. The summed E-state index contributed by atoms with van der Waals surface area (Å²) in [4.78, 5) is 17.3. The molecule has 162 valence electrons. The molecule has 2 aromatic heterocycles. The Morgan fingerprint density at radius 1 is 1.15 bits per heavy atom. The average molecular weight is 437 g/mol. The van der Waals surface area contributed by atoms with Crippen LogP contribution in [0.25, 0.3) is 22.8 Å². The highest BCUT2D eigenvalue weighted by Crippen LogP contribution is 2.31. The molecule has 0 fully saturated rings. The number of para-hydroxylation sites is 1. The summed E-state index contributed by atoms with van der Waals surface area (Å²) in [5.41, 5.74) is 2.84. The van der Waals surface area contributed by atoms with E-state index in [1.807, 2.05) is 55.5 Å². The number of nitriles is 1. The summed E-state index contributed by atoms with van der Waals surface area (Å²) in [6.07, 6.45) is 4.47. The van der Waals surface area contributed by atoms with Gasteiger partial charge in [0.2, 0.25) is 5.91 Å². The Morgan fingerprint density at radius 3 is 2.82 bits per heavy atom. The minimum absolute atomic E-state index is 0.240. The van der Waals surface area contributed by atoms with Crippen LogP contribution >= 0.6 is 0 Å². The summed E-state index contributed by atoms with van der Waals surface area (Å²) in [7, 11) is 0. The summed E-state index contributed by atoms with van der Waals surface area (Å²) >= 11 is 0. The Hall–Kier alpha value is -4.64. The second-order valence-corrected chi connectivity index (χ2v) is 7.47. The molecule has 0 bridgehead atoms. The number of carbonyl (C=O) groups excluding carboxylic acids is 1. The van der Waals surface area contributed by atoms with Gasteiger partial charge in [-0.1, -0.05) is 24.3 Å². The lowest BCUT2D eigenvalue weighted by atomic mass is 10.1. The molecule has 4 aromatic rings. The van der Waals surface area contributed by atoms with Crippen LogP contribution in [-0.2, 0) is 4.79 Å². The average Bonchev–Trinajstić information content (AvgIpc) is 3.25. The Bertz CT molecular complexity index is 1450. The standard InChI is InChI=1S/C25H19N5O3/c1-16-12-23(28-20-5-3-2-4-19(16)20)30-25(18(14-26)15-27-30)29-24(31)9-7-17-6-8-21-22(13-17)33-11-10-32-21/h2-9,12-13,15H,10-11H2,1H3,(H,29,31)/b9-7-. The Kier molecular flexibility index (Phi) is 5.21. The van der Waals surface area contributed by atoms with Gasteiger partial charge in [-0.2, -0.15) is 15.0 Å². The third-order valence-corrected chi connectivity index (χ3v) is 5.25. The monoisotopic (exact) mass is 437 g/mol. The van der Waals surface area contributed by atoms with Gasteiger partial charge in [0, 0.05) is 11.5 Å². The number of hydrogen-bond acceptors (Lipinski definition) is 6. The maximum atomic E-state index is 12.7. The number of aromatic nitrogens is 3. The molecule has 8 heteroatoms. The number of pyridine rings is 1. The van der Waals surface area contributed by atoms with Crippen LogP contribution in [0.1, 0.15) is 16.7 Å². The third kappa shape index (κ3) is 4.00. The third-order valence-electron chi connectivity index (χ3n) is 5.25. The van der Waals surface area contributed by atoms with Crippen LogP contribution in [0.4, 0.5) is 5.82 Å². The van der Waals surface area contributed by atoms with Crippen LogP contribution in [0.15, 0.2) is 60.8 Å². The van der Waals surface area contributed by atoms with Crippen LogP contribution in [0.3, 0.4) is 0 Å². The SMILES string of the molecule is Cc1cc(-n2ncc(C#N)c2NC(=O)/C=C\c2ccc3c(c2)OCCO3)nc2ccccc12. The first-order chi connectivity index (χ1) is 16.1. The zero-order valence-electron chi connectivity index (χ0n) is 17.8. The van der Waals surface area contributed by atoms with Gasteiger partial charge in [-0.05, 0) is 48.4 Å². The number of amides is 1. The number of ether oxygens (including phenoxy) is 2. The van der Waals surface area contributed by atoms with E-state index in [1.165, 1.54) is 17.0 Å². The second-order valence-electron chi connectivity index (χ2n) is 7.47. The van der Waals surface area contributed by atoms with Crippen LogP contribution in [0.5, 0.6) is 11.5 Å². The molecule has 0 atom stereocenters. The van der Waals surface area contributed by atoms with Gasteiger partial charge in [-0.25, -0.2) is 4.98 Å². The van der Waals surface area contributed by atoms with Crippen molar-refractivity contribution in [3.8, 4) is 23.4 Å². The highest BCUT2D eigenvalue weighted by Gasteiger charge is 2.16. The molecule has 0 radical (unpaired) electrons. The Labute approximate surface area is 189 Å². The summed E-state index contributed by atoms with van der Waals surface area (Å²) in [6, 6.07) is 17.2. The van der Waals surface area contributed by atoms with E-state index in [1.54, 1.807) is 6.08 Å². The fourth-order valence-electron chi connectivity index (χ4n) is 3.66. The first-order valence-electron chi connectivity index (χ1n) is 10.4. The van der Waals surface area contributed by atoms with Crippen molar-refractivity contribution >= 4 is 28.7 Å². The molecule has 0 aliphatic carbocycles. The molecule has 0 unspecified atom stereocenters. The number of carbonyl (C=O) groups is 1. The molecule has 33 heavy (non-hydrogen) atoms. The van der Waals surface area contributed by atoms with Gasteiger partial charge in [-0.3, -0.25) is 4.79 Å². The lowest BCUT2D eigenvalue weighted by molar-refractivity contribution is -0.111. The largest absolute Gasteiger partial charge is 0.486 e. The molecule has 3 heterocycles. The molecular weight excluding hydrogens is 418 g/mol. The van der Waals surface area contributed by atoms with Gasteiger partial charge >= 0.3 is 0 Å². The number of aryl methyl sites for hydroxylation is 1. The molecular formula is C25H19N5O3. The topological polar surface area (TPSA) is 102 Å². The van der Waals surface area contributed by atoms with Crippen LogP contribution in [0, 0.1) is 18.3 Å². The van der Waals surface area contributed by atoms with E-state index in [9.17, 15) is 10.1 Å². The van der Waals surface area contributed by atoms with Crippen molar-refractivity contribution in [1.82, 2.24) is 14.8 Å². The molecule has 0 spiro atoms. The quantitative estimate of drug-likeness (QED) is 0.484. The number of hydrogen-bond donors (Lipinski definition) is 1. The zero-order valence-corrected chi connectivity index (χ0v) is 17.8. The van der Waals surface area contributed by atoms with E-state index in [0.717, 1.165) is 22.0 Å². The van der Waals surface area contributed by atoms with Crippen molar-refractivity contribution < 1.29 is 14.3 Å². The number of anilines is 1. The lowest BCUT2D eigenvalue weighted by Gasteiger charge is -2.18. The normalized spacial score (nSPS) is 12.6. The predicted octanol–water partition coefficient (Wildman–Crippen LogP) is 4.02. The maximum Gasteiger partial charge on any atom is 0.249 e. The molecule has 5 rings (SSSR count). The van der Waals surface area contributed by atoms with Gasteiger partial charge in [0.25, 0.3) is 0 Å². The molecule has 0 saturated heterocycles. The summed E-state index contributed by atoms with van der Waals surface area (Å²) in [5.74, 6) is 1.70. The molecule has 1 aliphatic heterocycles. The summed E-state index contributed by atoms with van der Waals surface area (Å²) in [6.45, 7) is 2.99. The minimum Gasteiger partial charge on any atom is -0.486 e. The van der Waals surface area contributed by atoms with E-state index in [4.69, 9.17) is 9.47 Å². The van der Waals surface area contributed by atoms with Crippen molar-refractivity contribution in [3.05, 3.63) is 77.5 Å². The Morgan fingerprint density at radius 2 is 1.97 bits per heavy atom. The fourth-order valence-corrected chi connectivity index (χ4v) is 3.66. The maximum absolute atomic E-state index is 12.7. The Balaban J connectivity index is 1.42. The highest BCUT2D eigenvalue weighted by atomic mass is 16.6. The van der Waals surface area contributed by atoms with Crippen molar-refractivity contribution in [1.29, 1.82) is 5.26 Å². The number of benzene rings is 2. The number of nitrogens with zero attached hydrogens (tertiary/aromatic N) is 4. The number of nitrogens with one attached hydrogen (secondary N) is 1. The van der Waals surface area contributed by atoms with Gasteiger partial charge in [0.05, 0.1) is 11.7 Å². The number of fused-ring (bicyclic) bond motifs is 2. The van der Waals surface area contributed by atoms with E-state index >= 15 is 0 Å². The predicted molar refractivity (Wildman–Crippen MR) is 123 cm³/mol. The minimum atomic E-state index is -0.402. The van der Waals surface area contributed by atoms with E-state index < -0.39 is 5.91 Å². The van der Waals surface area contributed by atoms with Gasteiger partial charge < -0.3 is 14.8 Å². The van der Waals surface area contributed by atoms with Crippen LogP contribution in [-0.4, -0.2) is 33.9 Å². The first kappa shape index (κ1) is 20.3. The van der Waals surface area contributed by atoms with Crippen molar-refractivity contribution in [2.24, 2.45) is 0 Å². The van der Waals surface area contributed by atoms with Crippen molar-refractivity contribution in [2.45, 2.75) is 6.92 Å². The summed E-state index contributed by atoms with van der Waals surface area (Å²) in [5, 5.41) is 17.6. The zero-order chi connectivity index (χ0) is 22.8. The van der Waals surface area contributed by atoms with Gasteiger partial charge in [0.1, 0.15) is 24.8 Å². The van der Waals surface area contributed by atoms with E-state index in [0.29, 0.717) is 30.5 Å². The van der Waals surface area contributed by atoms with Gasteiger partial charge in [0.15, 0.2) is 23.1 Å². The van der Waals surface area contributed by atoms with E-state index in [2.05, 4.69) is 21.5 Å². The molecule has 0 saturated carbocycles. The van der Waals surface area contributed by atoms with E-state index in [-0.39, 0.29) is 11.4 Å². The summed E-state index contributed by atoms with van der Waals surface area (Å²) < 4.78 is 12.6. The molecule has 8 nitrogen and oxygen atoms in total. The molecule has 1 N–H and O–H groups in total. The smallest absolute Gasteiger partial charge is 0.249 e. The fraction of sp³-hybridized carbons (Fsp3) is 0.120. The van der Waals surface area contributed by atoms with Crippen LogP contribution in [0.2, 0.25) is 0 Å². The van der Waals surface area contributed by atoms with Crippen molar-refractivity contribution in [3.63, 3.8) is 0 Å². The number of rotatable bonds is 4. The highest BCUT2D eigenvalue weighted by molar-refractivity contribution is 6.02. The molecule has 1 amide bonds.